The Morgan fingerprint density at radius 1 is 1.09 bits per heavy atom. The Morgan fingerprint density at radius 2 is 1.79 bits per heavy atom. The number of anilines is 1. The SMILES string of the molecule is Cc1cc(C2OCC(C)(C)CO2)cc(C(=O)NC(C)(C)C)c1NC(=O)c1cc(Cn2nnc(C(F)(F)F)n2)nn1-c1ncccc1Cl. The summed E-state index contributed by atoms with van der Waals surface area (Å²) in [4.78, 5) is 32.5. The summed E-state index contributed by atoms with van der Waals surface area (Å²) in [6.07, 6.45) is -4.07. The van der Waals surface area contributed by atoms with Crippen LogP contribution in [0.5, 0.6) is 0 Å². The summed E-state index contributed by atoms with van der Waals surface area (Å²) in [7, 11) is 0. The normalized spacial score (nSPS) is 15.4. The Bertz CT molecular complexity index is 1800. The van der Waals surface area contributed by atoms with E-state index in [-0.39, 0.29) is 45.4 Å². The monoisotopic (exact) mass is 675 g/mol. The fourth-order valence-corrected chi connectivity index (χ4v) is 4.90. The number of hydrogen-bond donors (Lipinski definition) is 2. The van der Waals surface area contributed by atoms with Gasteiger partial charge in [-0.2, -0.15) is 23.1 Å². The van der Waals surface area contributed by atoms with Gasteiger partial charge >= 0.3 is 6.18 Å². The second-order valence-electron chi connectivity index (χ2n) is 12.9. The molecule has 47 heavy (non-hydrogen) atoms. The van der Waals surface area contributed by atoms with Crippen molar-refractivity contribution in [2.75, 3.05) is 18.5 Å². The Balaban J connectivity index is 1.53. The van der Waals surface area contributed by atoms with E-state index in [1.165, 1.54) is 18.3 Å². The van der Waals surface area contributed by atoms with E-state index >= 15 is 0 Å². The van der Waals surface area contributed by atoms with Gasteiger partial charge in [0.2, 0.25) is 0 Å². The predicted molar refractivity (Wildman–Crippen MR) is 163 cm³/mol. The van der Waals surface area contributed by atoms with Gasteiger partial charge in [-0.1, -0.05) is 25.4 Å². The Morgan fingerprint density at radius 3 is 2.40 bits per heavy atom. The van der Waals surface area contributed by atoms with Gasteiger partial charge in [-0.25, -0.2) is 9.67 Å². The van der Waals surface area contributed by atoms with Crippen LogP contribution in [0.2, 0.25) is 5.02 Å². The maximum atomic E-state index is 14.0. The van der Waals surface area contributed by atoms with Crippen molar-refractivity contribution in [1.29, 1.82) is 0 Å². The van der Waals surface area contributed by atoms with Crippen molar-refractivity contribution in [3.8, 4) is 5.82 Å². The van der Waals surface area contributed by atoms with E-state index < -0.39 is 35.6 Å². The molecule has 17 heteroatoms. The molecule has 0 atom stereocenters. The van der Waals surface area contributed by atoms with Gasteiger partial charge in [0.15, 0.2) is 12.1 Å². The molecule has 3 aromatic heterocycles. The number of pyridine rings is 1. The minimum atomic E-state index is -4.79. The number of rotatable bonds is 7. The van der Waals surface area contributed by atoms with E-state index in [0.29, 0.717) is 29.1 Å². The number of ether oxygens (including phenoxy) is 2. The average molecular weight is 676 g/mol. The number of alkyl halides is 3. The molecule has 0 saturated carbocycles. The van der Waals surface area contributed by atoms with Crippen LogP contribution >= 0.6 is 11.6 Å². The molecule has 4 heterocycles. The van der Waals surface area contributed by atoms with Crippen LogP contribution in [0, 0.1) is 12.3 Å². The number of nitrogens with one attached hydrogen (secondary N) is 2. The van der Waals surface area contributed by atoms with Gasteiger partial charge in [-0.05, 0) is 68.8 Å². The molecule has 2 N–H and O–H groups in total. The minimum absolute atomic E-state index is 0.0800. The molecule has 5 rings (SSSR count). The van der Waals surface area contributed by atoms with Crippen molar-refractivity contribution in [1.82, 2.24) is 40.3 Å². The summed E-state index contributed by atoms with van der Waals surface area (Å²) < 4.78 is 52.2. The summed E-state index contributed by atoms with van der Waals surface area (Å²) in [5.41, 5.74) is 0.768. The van der Waals surface area contributed by atoms with Crippen molar-refractivity contribution >= 4 is 29.1 Å². The molecule has 1 aromatic carbocycles. The van der Waals surface area contributed by atoms with Crippen LogP contribution < -0.4 is 10.6 Å². The average Bonchev–Trinajstić information content (AvgIpc) is 3.61. The van der Waals surface area contributed by atoms with Gasteiger partial charge in [0.05, 0.1) is 35.2 Å². The van der Waals surface area contributed by atoms with Gasteiger partial charge in [0.25, 0.3) is 17.6 Å². The number of aromatic nitrogens is 7. The third-order valence-electron chi connectivity index (χ3n) is 6.79. The molecule has 1 saturated heterocycles. The van der Waals surface area contributed by atoms with Gasteiger partial charge in [0, 0.05) is 22.7 Å². The number of nitrogens with zero attached hydrogens (tertiary/aromatic N) is 7. The molecule has 0 unspecified atom stereocenters. The first kappa shape index (κ1) is 33.9. The highest BCUT2D eigenvalue weighted by molar-refractivity contribution is 6.32. The highest BCUT2D eigenvalue weighted by Crippen LogP contribution is 2.35. The standard InChI is InChI=1S/C30H33ClF3N9O4/c1-16-10-17(26-46-14-29(5,6)15-47-26)11-19(24(44)37-28(2,3)4)22(16)36-25(45)21-12-18(13-42-40-27(38-41-42)30(32,33)34)39-43(21)23-20(31)8-7-9-35-23/h7-12,26H,13-15H2,1-6H3,(H,36,45)(H,37,44). The first-order valence-electron chi connectivity index (χ1n) is 14.5. The lowest BCUT2D eigenvalue weighted by Gasteiger charge is -2.35. The molecule has 0 spiro atoms. The van der Waals surface area contributed by atoms with E-state index in [4.69, 9.17) is 21.1 Å². The van der Waals surface area contributed by atoms with E-state index in [9.17, 15) is 22.8 Å². The van der Waals surface area contributed by atoms with Crippen LogP contribution in [0.3, 0.4) is 0 Å². The van der Waals surface area contributed by atoms with Gasteiger partial charge in [-0.15, -0.1) is 10.2 Å². The summed E-state index contributed by atoms with van der Waals surface area (Å²) >= 11 is 6.38. The number of benzene rings is 1. The van der Waals surface area contributed by atoms with Crippen LogP contribution in [0.1, 0.15) is 84.4 Å². The van der Waals surface area contributed by atoms with Crippen LogP contribution in [0.25, 0.3) is 5.82 Å². The first-order chi connectivity index (χ1) is 21.9. The third kappa shape index (κ3) is 7.94. The van der Waals surface area contributed by atoms with Crippen LogP contribution in [-0.4, -0.2) is 65.5 Å². The van der Waals surface area contributed by atoms with E-state index in [1.54, 1.807) is 25.1 Å². The molecular formula is C30H33ClF3N9O4. The van der Waals surface area contributed by atoms with Crippen LogP contribution in [0.15, 0.2) is 36.5 Å². The molecular weight excluding hydrogens is 643 g/mol. The molecule has 0 aliphatic carbocycles. The Labute approximate surface area is 272 Å². The number of carbonyl (C=O) groups is 2. The maximum Gasteiger partial charge on any atom is 0.455 e. The lowest BCUT2D eigenvalue weighted by Crippen LogP contribution is -2.41. The van der Waals surface area contributed by atoms with Crippen molar-refractivity contribution in [2.24, 2.45) is 5.41 Å². The molecule has 1 fully saturated rings. The fraction of sp³-hybridized carbons (Fsp3) is 0.433. The first-order valence-corrected chi connectivity index (χ1v) is 14.8. The number of hydrogen-bond acceptors (Lipinski definition) is 9. The molecule has 1 aliphatic rings. The Kier molecular flexibility index (Phi) is 9.14. The van der Waals surface area contributed by atoms with Crippen molar-refractivity contribution < 1.29 is 32.2 Å². The Hall–Kier alpha value is -4.41. The van der Waals surface area contributed by atoms with Gasteiger partial charge < -0.3 is 20.1 Å². The lowest BCUT2D eigenvalue weighted by atomic mass is 9.95. The smallest absolute Gasteiger partial charge is 0.348 e. The summed E-state index contributed by atoms with van der Waals surface area (Å²) in [6, 6.07) is 7.83. The second-order valence-corrected chi connectivity index (χ2v) is 13.3. The minimum Gasteiger partial charge on any atom is -0.348 e. The molecule has 250 valence electrons. The molecule has 4 aromatic rings. The van der Waals surface area contributed by atoms with E-state index in [2.05, 4.69) is 36.1 Å². The number of amides is 2. The van der Waals surface area contributed by atoms with Crippen molar-refractivity contribution in [3.05, 3.63) is 75.5 Å². The summed E-state index contributed by atoms with van der Waals surface area (Å²) in [5.74, 6) is -2.50. The molecule has 0 bridgehead atoms. The third-order valence-corrected chi connectivity index (χ3v) is 7.09. The zero-order valence-corrected chi connectivity index (χ0v) is 27.2. The lowest BCUT2D eigenvalue weighted by molar-refractivity contribution is -0.226. The van der Waals surface area contributed by atoms with Gasteiger partial charge in [0.1, 0.15) is 12.2 Å². The molecule has 0 radical (unpaired) electrons. The number of halogens is 4. The van der Waals surface area contributed by atoms with Crippen molar-refractivity contribution in [3.63, 3.8) is 0 Å². The number of tetrazole rings is 1. The molecule has 2 amide bonds. The summed E-state index contributed by atoms with van der Waals surface area (Å²) in [6.45, 7) is 11.8. The molecule has 13 nitrogen and oxygen atoms in total. The van der Waals surface area contributed by atoms with Crippen molar-refractivity contribution in [2.45, 2.75) is 66.1 Å². The van der Waals surface area contributed by atoms with Crippen LogP contribution in [-0.2, 0) is 22.2 Å². The quantitative estimate of drug-likeness (QED) is 0.272. The largest absolute Gasteiger partial charge is 0.455 e. The van der Waals surface area contributed by atoms with E-state index in [0.717, 1.165) is 4.68 Å². The maximum absolute atomic E-state index is 14.0. The zero-order valence-electron chi connectivity index (χ0n) is 26.4. The topological polar surface area (TPSA) is 151 Å². The van der Waals surface area contributed by atoms with Gasteiger partial charge in [-0.3, -0.25) is 9.59 Å². The zero-order chi connectivity index (χ0) is 34.3. The highest BCUT2D eigenvalue weighted by Gasteiger charge is 2.37. The second kappa shape index (κ2) is 12.7. The predicted octanol–water partition coefficient (Wildman–Crippen LogP) is 5.13. The highest BCUT2D eigenvalue weighted by atomic mass is 35.5. The van der Waals surface area contributed by atoms with Crippen LogP contribution in [0.4, 0.5) is 18.9 Å². The number of carbonyl (C=O) groups excluding carboxylic acids is 2. The fourth-order valence-electron chi connectivity index (χ4n) is 4.70. The summed E-state index contributed by atoms with van der Waals surface area (Å²) in [5, 5.41) is 20.1. The van der Waals surface area contributed by atoms with E-state index in [1.807, 2.05) is 34.6 Å². The number of aryl methyl sites for hydroxylation is 1. The molecule has 1 aliphatic heterocycles.